The number of benzene rings is 1. The zero-order valence-electron chi connectivity index (χ0n) is 8.20. The maximum atomic E-state index is 12.9. The van der Waals surface area contributed by atoms with Gasteiger partial charge in [0.25, 0.3) is 0 Å². The zero-order valence-corrected chi connectivity index (χ0v) is 9.20. The van der Waals surface area contributed by atoms with Crippen molar-refractivity contribution >= 4 is 5.97 Å². The van der Waals surface area contributed by atoms with Crippen LogP contribution in [0.4, 0.5) is 4.39 Å². The molecular formula is C8H9FNNaO2. The number of rotatable bonds is 2. The summed E-state index contributed by atoms with van der Waals surface area (Å²) in [7, 11) is 0. The van der Waals surface area contributed by atoms with Crippen LogP contribution in [0.15, 0.2) is 24.3 Å². The summed E-state index contributed by atoms with van der Waals surface area (Å²) in [6.07, 6.45) is 0. The number of aliphatic carboxylic acids is 1. The average molecular weight is 193 g/mol. The fraction of sp³-hybridized carbons (Fsp3) is 0.125. The van der Waals surface area contributed by atoms with Gasteiger partial charge in [-0.3, -0.25) is 4.79 Å². The molecule has 0 spiro atoms. The first-order valence-corrected chi connectivity index (χ1v) is 3.35. The van der Waals surface area contributed by atoms with E-state index in [2.05, 4.69) is 0 Å². The Bertz CT molecular complexity index is 311. The van der Waals surface area contributed by atoms with Gasteiger partial charge in [0.15, 0.2) is 0 Å². The van der Waals surface area contributed by atoms with E-state index in [1.807, 2.05) is 0 Å². The Balaban J connectivity index is 0. The van der Waals surface area contributed by atoms with Gasteiger partial charge in [-0.1, -0.05) is 18.2 Å². The minimum absolute atomic E-state index is 0. The molecule has 0 aliphatic carbocycles. The molecule has 3 nitrogen and oxygen atoms in total. The van der Waals surface area contributed by atoms with Gasteiger partial charge in [0.05, 0.1) is 0 Å². The zero-order chi connectivity index (χ0) is 9.14. The van der Waals surface area contributed by atoms with Gasteiger partial charge in [-0.25, -0.2) is 4.39 Å². The molecule has 0 aromatic heterocycles. The van der Waals surface area contributed by atoms with Crippen molar-refractivity contribution in [3.05, 3.63) is 35.6 Å². The van der Waals surface area contributed by atoms with Crippen molar-refractivity contribution in [3.63, 3.8) is 0 Å². The molecule has 0 bridgehead atoms. The Labute approximate surface area is 98.5 Å². The molecule has 0 saturated carbocycles. The molecule has 0 radical (unpaired) electrons. The van der Waals surface area contributed by atoms with Crippen molar-refractivity contribution < 1.29 is 45.3 Å². The third kappa shape index (κ3) is 3.08. The standard InChI is InChI=1S/C8H8FNO2.Na.H/c9-6-4-2-1-3-5(6)7(10)8(11)12;;/h1-4,7H,10H2,(H,11,12);;/q;+1;-1. The van der Waals surface area contributed by atoms with Gasteiger partial charge < -0.3 is 12.3 Å². The number of carbonyl (C=O) groups is 1. The molecule has 0 aliphatic heterocycles. The molecule has 0 fully saturated rings. The maximum absolute atomic E-state index is 12.9. The summed E-state index contributed by atoms with van der Waals surface area (Å²) in [4.78, 5) is 10.4. The van der Waals surface area contributed by atoms with Crippen molar-refractivity contribution in [2.45, 2.75) is 6.04 Å². The molecule has 1 rings (SSSR count). The second-order valence-electron chi connectivity index (χ2n) is 2.34. The second kappa shape index (κ2) is 5.34. The van der Waals surface area contributed by atoms with E-state index in [0.717, 1.165) is 0 Å². The van der Waals surface area contributed by atoms with Crippen LogP contribution in [0.1, 0.15) is 13.0 Å². The van der Waals surface area contributed by atoms with Crippen molar-refractivity contribution in [3.8, 4) is 0 Å². The van der Waals surface area contributed by atoms with Crippen molar-refractivity contribution in [1.82, 2.24) is 0 Å². The molecule has 5 heteroatoms. The van der Waals surface area contributed by atoms with Crippen molar-refractivity contribution in [2.75, 3.05) is 0 Å². The summed E-state index contributed by atoms with van der Waals surface area (Å²) in [6, 6.07) is 4.27. The fourth-order valence-electron chi connectivity index (χ4n) is 0.860. The predicted octanol–water partition coefficient (Wildman–Crippen LogP) is -1.97. The first-order chi connectivity index (χ1) is 5.63. The summed E-state index contributed by atoms with van der Waals surface area (Å²) in [5.74, 6) is -1.83. The molecule has 13 heavy (non-hydrogen) atoms. The van der Waals surface area contributed by atoms with Crippen molar-refractivity contribution in [1.29, 1.82) is 0 Å². The molecule has 66 valence electrons. The molecular weight excluding hydrogens is 184 g/mol. The topological polar surface area (TPSA) is 63.3 Å². The predicted molar refractivity (Wildman–Crippen MR) is 42.1 cm³/mol. The van der Waals surface area contributed by atoms with E-state index in [1.165, 1.54) is 18.2 Å². The van der Waals surface area contributed by atoms with Crippen molar-refractivity contribution in [2.24, 2.45) is 5.73 Å². The van der Waals surface area contributed by atoms with Crippen LogP contribution in [0, 0.1) is 5.82 Å². The molecule has 1 unspecified atom stereocenters. The number of hydrogen-bond acceptors (Lipinski definition) is 2. The van der Waals surface area contributed by atoms with Crippen LogP contribution >= 0.6 is 0 Å². The molecule has 1 atom stereocenters. The summed E-state index contributed by atoms with van der Waals surface area (Å²) in [6.45, 7) is 0. The minimum atomic E-state index is -1.29. The molecule has 0 amide bonds. The van der Waals surface area contributed by atoms with E-state index in [4.69, 9.17) is 10.8 Å². The molecule has 0 aliphatic rings. The fourth-order valence-corrected chi connectivity index (χ4v) is 0.860. The Morgan fingerprint density at radius 2 is 2.08 bits per heavy atom. The number of halogens is 1. The Hall–Kier alpha value is -0.420. The van der Waals surface area contributed by atoms with Gasteiger partial charge in [-0.05, 0) is 6.07 Å². The number of nitrogens with two attached hydrogens (primary N) is 1. The van der Waals surface area contributed by atoms with Gasteiger partial charge >= 0.3 is 35.5 Å². The van der Waals surface area contributed by atoms with Crippen LogP contribution in [0.25, 0.3) is 0 Å². The molecule has 1 aromatic carbocycles. The van der Waals surface area contributed by atoms with Gasteiger partial charge in [0.2, 0.25) is 0 Å². The largest absolute Gasteiger partial charge is 1.00 e. The van der Waals surface area contributed by atoms with E-state index < -0.39 is 17.8 Å². The van der Waals surface area contributed by atoms with E-state index in [1.54, 1.807) is 6.07 Å². The number of carboxylic acid groups (broad SMARTS) is 1. The normalized spacial score (nSPS) is 11.5. The van der Waals surface area contributed by atoms with Crippen LogP contribution in [0.3, 0.4) is 0 Å². The minimum Gasteiger partial charge on any atom is -1.00 e. The van der Waals surface area contributed by atoms with Gasteiger partial charge in [0.1, 0.15) is 11.9 Å². The first kappa shape index (κ1) is 12.6. The first-order valence-electron chi connectivity index (χ1n) is 3.35. The third-order valence-corrected chi connectivity index (χ3v) is 1.51. The van der Waals surface area contributed by atoms with Gasteiger partial charge in [-0.15, -0.1) is 0 Å². The van der Waals surface area contributed by atoms with E-state index >= 15 is 0 Å². The quantitative estimate of drug-likeness (QED) is 0.535. The van der Waals surface area contributed by atoms with E-state index in [-0.39, 0.29) is 36.5 Å². The van der Waals surface area contributed by atoms with Crippen LogP contribution in [-0.4, -0.2) is 11.1 Å². The molecule has 0 saturated heterocycles. The van der Waals surface area contributed by atoms with Gasteiger partial charge in [-0.2, -0.15) is 0 Å². The Morgan fingerprint density at radius 1 is 1.54 bits per heavy atom. The van der Waals surface area contributed by atoms with Crippen LogP contribution in [0.5, 0.6) is 0 Å². The van der Waals surface area contributed by atoms with E-state index in [9.17, 15) is 9.18 Å². The summed E-state index contributed by atoms with van der Waals surface area (Å²) < 4.78 is 12.9. The Kier molecular flexibility index (Phi) is 5.17. The van der Waals surface area contributed by atoms with E-state index in [0.29, 0.717) is 0 Å². The van der Waals surface area contributed by atoms with Gasteiger partial charge in [0, 0.05) is 5.56 Å². The Morgan fingerprint density at radius 3 is 2.54 bits per heavy atom. The molecule has 0 heterocycles. The van der Waals surface area contributed by atoms with Crippen LogP contribution in [0.2, 0.25) is 0 Å². The SMILES string of the molecule is NC(C(=O)O)c1ccccc1F.[H-].[Na+]. The third-order valence-electron chi connectivity index (χ3n) is 1.51. The monoisotopic (exact) mass is 193 g/mol. The average Bonchev–Trinajstić information content (AvgIpc) is 2.04. The summed E-state index contributed by atoms with van der Waals surface area (Å²) in [5, 5.41) is 8.47. The number of hydrogen-bond donors (Lipinski definition) is 2. The summed E-state index contributed by atoms with van der Waals surface area (Å²) in [5.41, 5.74) is 5.20. The van der Waals surface area contributed by atoms with Crippen LogP contribution in [-0.2, 0) is 4.79 Å². The maximum Gasteiger partial charge on any atom is 1.00 e. The number of carboxylic acids is 1. The van der Waals surface area contributed by atoms with Crippen LogP contribution < -0.4 is 35.3 Å². The molecule has 3 N–H and O–H groups in total. The smallest absolute Gasteiger partial charge is 1.00 e. The molecule has 1 aromatic rings. The second-order valence-corrected chi connectivity index (χ2v) is 2.34. The summed E-state index contributed by atoms with van der Waals surface area (Å²) >= 11 is 0.